The first-order valence-corrected chi connectivity index (χ1v) is 24.5. The van der Waals surface area contributed by atoms with Gasteiger partial charge in [-0.3, -0.25) is 4.90 Å². The molecule has 0 radical (unpaired) electrons. The van der Waals surface area contributed by atoms with Crippen molar-refractivity contribution >= 4 is 46.3 Å². The van der Waals surface area contributed by atoms with Gasteiger partial charge < -0.3 is 23.5 Å². The van der Waals surface area contributed by atoms with Crippen molar-refractivity contribution in [3.05, 3.63) is 89.9 Å². The van der Waals surface area contributed by atoms with Crippen LogP contribution in [0.5, 0.6) is 11.9 Å². The highest BCUT2D eigenvalue weighted by atomic mass is 28.4. The molecule has 3 aromatic heterocycles. The molecule has 0 spiro atoms. The maximum absolute atomic E-state index is 17.8. The second-order valence-electron chi connectivity index (χ2n) is 18.9. The van der Waals surface area contributed by atoms with Crippen LogP contribution < -0.4 is 24.7 Å². The van der Waals surface area contributed by atoms with Crippen LogP contribution >= 0.6 is 0 Å². The molecule has 7 heterocycles. The molecule has 3 aromatic carbocycles. The Bertz CT molecular complexity index is 2600. The summed E-state index contributed by atoms with van der Waals surface area (Å²) in [6, 6.07) is 23.3. The molecule has 0 saturated carbocycles. The summed E-state index contributed by atoms with van der Waals surface area (Å²) in [6.45, 7) is 14.4. The number of ether oxygens (including phenoxy) is 3. The van der Waals surface area contributed by atoms with Gasteiger partial charge in [0.05, 0.1) is 30.4 Å². The first-order chi connectivity index (χ1) is 30.5. The van der Waals surface area contributed by atoms with Crippen LogP contribution in [0.4, 0.5) is 14.6 Å². The van der Waals surface area contributed by atoms with E-state index in [1.807, 2.05) is 30.7 Å². The van der Waals surface area contributed by atoms with Crippen molar-refractivity contribution in [2.75, 3.05) is 57.5 Å². The largest absolute Gasteiger partial charge is 0.475 e. The minimum absolute atomic E-state index is 0.0382. The summed E-state index contributed by atoms with van der Waals surface area (Å²) in [5.74, 6) is 0.126. The molecule has 14 heteroatoms. The van der Waals surface area contributed by atoms with E-state index in [-0.39, 0.29) is 47.6 Å². The fraction of sp³-hybridized carbons (Fsp3) is 0.469. The number of benzene rings is 3. The topological polar surface area (TPSA) is 99.9 Å². The van der Waals surface area contributed by atoms with E-state index in [1.54, 1.807) is 6.20 Å². The number of nitrogens with zero attached hydrogens (tertiary/aromatic N) is 7. The summed E-state index contributed by atoms with van der Waals surface area (Å²) in [5, 5.41) is 8.10. The Morgan fingerprint density at radius 2 is 1.70 bits per heavy atom. The van der Waals surface area contributed by atoms with E-state index in [9.17, 15) is 4.39 Å². The van der Waals surface area contributed by atoms with E-state index >= 15 is 4.39 Å². The fourth-order valence-corrected chi connectivity index (χ4v) is 15.4. The van der Waals surface area contributed by atoms with Crippen LogP contribution in [-0.4, -0.2) is 102 Å². The smallest absolute Gasteiger partial charge is 0.319 e. The zero-order valence-corrected chi connectivity index (χ0v) is 38.0. The van der Waals surface area contributed by atoms with Crippen molar-refractivity contribution in [3.63, 3.8) is 0 Å². The molecule has 4 aliphatic heterocycles. The van der Waals surface area contributed by atoms with Gasteiger partial charge in [0.25, 0.3) is 8.32 Å². The van der Waals surface area contributed by atoms with E-state index in [0.717, 1.165) is 60.7 Å². The number of rotatable bonds is 11. The van der Waals surface area contributed by atoms with Gasteiger partial charge in [0.2, 0.25) is 5.88 Å². The first kappa shape index (κ1) is 42.0. The number of fused-ring (bicyclic) bond motifs is 2. The Morgan fingerprint density at radius 3 is 2.41 bits per heavy atom. The summed E-state index contributed by atoms with van der Waals surface area (Å²) >= 11 is 0. The van der Waals surface area contributed by atoms with Gasteiger partial charge in [0.1, 0.15) is 41.8 Å². The summed E-state index contributed by atoms with van der Waals surface area (Å²) in [5.41, 5.74) is 3.09. The predicted octanol–water partition coefficient (Wildman–Crippen LogP) is 8.23. The number of hydrogen-bond donors (Lipinski definition) is 0. The highest BCUT2D eigenvalue weighted by Gasteiger charge is 2.51. The van der Waals surface area contributed by atoms with E-state index in [0.29, 0.717) is 56.0 Å². The Morgan fingerprint density at radius 1 is 0.937 bits per heavy atom. The molecule has 6 aromatic rings. The summed E-state index contributed by atoms with van der Waals surface area (Å²) in [6.07, 6.45) is 5.78. The molecule has 11 nitrogen and oxygen atoms in total. The van der Waals surface area contributed by atoms with Crippen LogP contribution in [0.25, 0.3) is 33.1 Å². The SMILES string of the molecule is Cc1cc2c(cnn2C2CCCCO2)c(-c2nc3c4c(nc(OC[C@@]56CCCN5C[C@H](F)C6)nc4c2F)N(CCO[Si](c2ccccc2)(c2ccccc2)C(C)(C)C)CCO3)c1C. The molecule has 1 unspecified atom stereocenters. The molecule has 0 aliphatic carbocycles. The molecule has 0 amide bonds. The van der Waals surface area contributed by atoms with E-state index < -0.39 is 25.8 Å². The zero-order chi connectivity index (χ0) is 43.5. The lowest BCUT2D eigenvalue weighted by molar-refractivity contribution is -0.0366. The number of hydrogen-bond acceptors (Lipinski definition) is 10. The van der Waals surface area contributed by atoms with Crippen LogP contribution in [0.15, 0.2) is 72.9 Å². The van der Waals surface area contributed by atoms with Crippen LogP contribution in [-0.2, 0) is 9.16 Å². The van der Waals surface area contributed by atoms with Crippen molar-refractivity contribution in [2.45, 2.75) is 96.1 Å². The fourth-order valence-electron chi connectivity index (χ4n) is 10.8. The van der Waals surface area contributed by atoms with E-state index in [4.69, 9.17) is 38.7 Å². The Labute approximate surface area is 368 Å². The molecule has 3 saturated heterocycles. The average Bonchev–Trinajstić information content (AvgIpc) is 3.93. The molecular formula is C49H57F2N7O4Si. The second kappa shape index (κ2) is 16.5. The molecule has 4 aliphatic rings. The maximum Gasteiger partial charge on any atom is 0.319 e. The van der Waals surface area contributed by atoms with Crippen LogP contribution in [0.3, 0.4) is 0 Å². The average molecular weight is 874 g/mol. The molecule has 0 bridgehead atoms. The van der Waals surface area contributed by atoms with Crippen molar-refractivity contribution in [1.29, 1.82) is 0 Å². The normalized spacial score (nSPS) is 21.8. The van der Waals surface area contributed by atoms with Crippen molar-refractivity contribution in [1.82, 2.24) is 29.6 Å². The molecular weight excluding hydrogens is 817 g/mol. The third kappa shape index (κ3) is 7.26. The molecule has 63 heavy (non-hydrogen) atoms. The van der Waals surface area contributed by atoms with Gasteiger partial charge in [-0.2, -0.15) is 15.1 Å². The maximum atomic E-state index is 17.8. The molecule has 10 rings (SSSR count). The van der Waals surface area contributed by atoms with Gasteiger partial charge in [0.15, 0.2) is 12.0 Å². The highest BCUT2D eigenvalue weighted by Crippen LogP contribution is 2.45. The third-order valence-electron chi connectivity index (χ3n) is 14.0. The number of anilines is 1. The summed E-state index contributed by atoms with van der Waals surface area (Å²) in [7, 11) is -2.87. The van der Waals surface area contributed by atoms with E-state index in [2.05, 4.69) is 85.2 Å². The molecule has 330 valence electrons. The lowest BCUT2D eigenvalue weighted by Gasteiger charge is -2.43. The van der Waals surface area contributed by atoms with Gasteiger partial charge in [-0.25, -0.2) is 18.4 Å². The zero-order valence-electron chi connectivity index (χ0n) is 37.0. The number of pyridine rings is 1. The minimum Gasteiger partial charge on any atom is -0.475 e. The van der Waals surface area contributed by atoms with Crippen molar-refractivity contribution in [3.8, 4) is 23.1 Å². The van der Waals surface area contributed by atoms with Crippen molar-refractivity contribution < 1.29 is 27.4 Å². The van der Waals surface area contributed by atoms with Gasteiger partial charge in [-0.05, 0) is 85.1 Å². The summed E-state index contributed by atoms with van der Waals surface area (Å²) in [4.78, 5) is 19.2. The Hall–Kier alpha value is -5.02. The van der Waals surface area contributed by atoms with Gasteiger partial charge >= 0.3 is 6.01 Å². The van der Waals surface area contributed by atoms with Crippen LogP contribution in [0.1, 0.15) is 76.7 Å². The number of aromatic nitrogens is 5. The Kier molecular flexibility index (Phi) is 11.0. The van der Waals surface area contributed by atoms with Gasteiger partial charge in [0, 0.05) is 37.1 Å². The molecule has 3 atom stereocenters. The third-order valence-corrected chi connectivity index (χ3v) is 19.1. The molecule has 3 fully saturated rings. The Balaban J connectivity index is 1.08. The monoisotopic (exact) mass is 873 g/mol. The van der Waals surface area contributed by atoms with Gasteiger partial charge in [-0.15, -0.1) is 0 Å². The number of alkyl halides is 1. The lowest BCUT2D eigenvalue weighted by atomic mass is 9.95. The van der Waals surface area contributed by atoms with E-state index in [1.165, 1.54) is 10.4 Å². The van der Waals surface area contributed by atoms with Crippen LogP contribution in [0.2, 0.25) is 5.04 Å². The second-order valence-corrected chi connectivity index (χ2v) is 23.2. The lowest BCUT2D eigenvalue weighted by Crippen LogP contribution is -2.67. The minimum atomic E-state index is -2.87. The summed E-state index contributed by atoms with van der Waals surface area (Å²) < 4.78 is 61.1. The quantitative estimate of drug-likeness (QED) is 0.119. The highest BCUT2D eigenvalue weighted by molar-refractivity contribution is 6.99. The number of halogens is 2. The molecule has 0 N–H and O–H groups in total. The predicted molar refractivity (Wildman–Crippen MR) is 244 cm³/mol. The first-order valence-electron chi connectivity index (χ1n) is 22.6. The standard InChI is InChI=1S/C49H57F2N7O4Si/c1-32-27-38-37(29-52-58(38)39-19-12-13-24-59-39)40(33(32)2)43-42(51)44-41-45(55-47(54-44)61-31-49-20-14-21-57(49)30-34(50)28-49)56(22-25-60-46(41)53-43)23-26-62-63(48(3,4)5,35-15-8-6-9-16-35)36-17-10-7-11-18-36/h6-11,15-18,27,29,34,39H,12-14,19-26,28,30-31H2,1-5H3/t34-,39?,49+/m1/s1. The van der Waals surface area contributed by atoms with Crippen LogP contribution in [0, 0.1) is 19.7 Å². The van der Waals surface area contributed by atoms with Gasteiger partial charge in [-0.1, -0.05) is 81.4 Å². The van der Waals surface area contributed by atoms with Crippen molar-refractivity contribution in [2.24, 2.45) is 0 Å². The number of aryl methyl sites for hydroxylation is 1.